The standard InChI is InChI=1S/C16H14N4O2S2/c1-10-7-8-12(13(21)17-10)14(22)18-15-19-20-16(24-15)23-9-11-5-3-2-4-6-11/h2-8H,9H2,1H3,(H,17,21)(H,18,19,22). The molecule has 2 N–H and O–H groups in total. The van der Waals surface area contributed by atoms with E-state index in [4.69, 9.17) is 0 Å². The number of pyridine rings is 1. The molecule has 3 aromatic rings. The topological polar surface area (TPSA) is 87.7 Å². The molecule has 0 radical (unpaired) electrons. The normalized spacial score (nSPS) is 10.5. The van der Waals surface area contributed by atoms with Crippen LogP contribution in [-0.4, -0.2) is 21.1 Å². The van der Waals surface area contributed by atoms with E-state index in [1.807, 2.05) is 30.3 Å². The van der Waals surface area contributed by atoms with Crippen LogP contribution in [0.4, 0.5) is 5.13 Å². The molecular formula is C16H14N4O2S2. The molecular weight excluding hydrogens is 344 g/mol. The van der Waals surface area contributed by atoms with Gasteiger partial charge in [-0.25, -0.2) is 0 Å². The number of aromatic amines is 1. The third kappa shape index (κ3) is 4.09. The van der Waals surface area contributed by atoms with Gasteiger partial charge < -0.3 is 4.98 Å². The van der Waals surface area contributed by atoms with E-state index in [1.165, 1.54) is 23.0 Å². The number of hydrogen-bond donors (Lipinski definition) is 2. The largest absolute Gasteiger partial charge is 0.326 e. The SMILES string of the molecule is Cc1ccc(C(=O)Nc2nnc(SCc3ccccc3)s2)c(=O)[nH]1. The highest BCUT2D eigenvalue weighted by atomic mass is 32.2. The molecule has 0 fully saturated rings. The van der Waals surface area contributed by atoms with Crippen molar-refractivity contribution in [3.8, 4) is 0 Å². The highest BCUT2D eigenvalue weighted by Gasteiger charge is 2.13. The van der Waals surface area contributed by atoms with Crippen LogP contribution in [0.15, 0.2) is 51.6 Å². The molecule has 6 nitrogen and oxygen atoms in total. The Hall–Kier alpha value is -2.45. The summed E-state index contributed by atoms with van der Waals surface area (Å²) in [5.41, 5.74) is 1.52. The van der Waals surface area contributed by atoms with Crippen LogP contribution in [0.25, 0.3) is 0 Å². The van der Waals surface area contributed by atoms with Gasteiger partial charge in [0.05, 0.1) is 0 Å². The first-order valence-corrected chi connectivity index (χ1v) is 8.93. The zero-order valence-corrected chi connectivity index (χ0v) is 14.4. The minimum absolute atomic E-state index is 0.0503. The number of hydrogen-bond acceptors (Lipinski definition) is 6. The number of thioether (sulfide) groups is 1. The number of aryl methyl sites for hydroxylation is 1. The predicted octanol–water partition coefficient (Wildman–Crippen LogP) is 3.08. The van der Waals surface area contributed by atoms with Crippen LogP contribution in [0, 0.1) is 6.92 Å². The van der Waals surface area contributed by atoms with Crippen molar-refractivity contribution in [3.63, 3.8) is 0 Å². The zero-order valence-electron chi connectivity index (χ0n) is 12.8. The van der Waals surface area contributed by atoms with Gasteiger partial charge >= 0.3 is 0 Å². The molecule has 3 rings (SSSR count). The van der Waals surface area contributed by atoms with Crippen molar-refractivity contribution in [1.29, 1.82) is 0 Å². The number of benzene rings is 1. The van der Waals surface area contributed by atoms with E-state index >= 15 is 0 Å². The van der Waals surface area contributed by atoms with Crippen LogP contribution in [0.3, 0.4) is 0 Å². The van der Waals surface area contributed by atoms with Gasteiger partial charge in [0.25, 0.3) is 11.5 Å². The molecule has 0 aliphatic carbocycles. The summed E-state index contributed by atoms with van der Waals surface area (Å²) in [6.07, 6.45) is 0. The van der Waals surface area contributed by atoms with Crippen LogP contribution in [0.1, 0.15) is 21.6 Å². The van der Waals surface area contributed by atoms with Crippen LogP contribution in [-0.2, 0) is 5.75 Å². The van der Waals surface area contributed by atoms with Gasteiger partial charge in [0.1, 0.15) is 5.56 Å². The molecule has 0 atom stereocenters. The molecule has 2 aromatic heterocycles. The fourth-order valence-corrected chi connectivity index (χ4v) is 3.66. The van der Waals surface area contributed by atoms with E-state index in [9.17, 15) is 9.59 Å². The lowest BCUT2D eigenvalue weighted by Crippen LogP contribution is -2.23. The number of rotatable bonds is 5. The van der Waals surface area contributed by atoms with Gasteiger partial charge in [-0.3, -0.25) is 14.9 Å². The molecule has 0 unspecified atom stereocenters. The number of carbonyl (C=O) groups excluding carboxylic acids is 1. The summed E-state index contributed by atoms with van der Waals surface area (Å²) in [5.74, 6) is 0.285. The van der Waals surface area contributed by atoms with Crippen molar-refractivity contribution in [2.24, 2.45) is 0 Å². The lowest BCUT2D eigenvalue weighted by Gasteiger charge is -2.00. The number of amides is 1. The fourth-order valence-electron chi connectivity index (χ4n) is 1.95. The van der Waals surface area contributed by atoms with Crippen LogP contribution in [0.2, 0.25) is 0 Å². The van der Waals surface area contributed by atoms with Crippen molar-refractivity contribution < 1.29 is 4.79 Å². The number of nitrogens with one attached hydrogen (secondary N) is 2. The summed E-state index contributed by atoms with van der Waals surface area (Å²) in [7, 11) is 0. The minimum atomic E-state index is -0.494. The highest BCUT2D eigenvalue weighted by Crippen LogP contribution is 2.28. The maximum absolute atomic E-state index is 12.1. The Labute approximate surface area is 146 Å². The van der Waals surface area contributed by atoms with Crippen molar-refractivity contribution in [2.45, 2.75) is 17.0 Å². The molecule has 2 heterocycles. The Morgan fingerprint density at radius 3 is 2.75 bits per heavy atom. The molecule has 1 amide bonds. The lowest BCUT2D eigenvalue weighted by molar-refractivity contribution is 0.102. The molecule has 0 saturated carbocycles. The van der Waals surface area contributed by atoms with Gasteiger partial charge in [0.2, 0.25) is 5.13 Å². The molecule has 0 saturated heterocycles. The van der Waals surface area contributed by atoms with Gasteiger partial charge in [-0.1, -0.05) is 53.4 Å². The first-order valence-electron chi connectivity index (χ1n) is 7.13. The third-order valence-corrected chi connectivity index (χ3v) is 5.18. The number of anilines is 1. The lowest BCUT2D eigenvalue weighted by atomic mass is 10.2. The van der Waals surface area contributed by atoms with Crippen molar-refractivity contribution in [2.75, 3.05) is 5.32 Å². The summed E-state index contributed by atoms with van der Waals surface area (Å²) in [5, 5.41) is 11.0. The Kier molecular flexibility index (Phi) is 5.07. The molecule has 0 aliphatic heterocycles. The molecule has 8 heteroatoms. The Morgan fingerprint density at radius 1 is 1.21 bits per heavy atom. The van der Waals surface area contributed by atoms with Gasteiger partial charge in [-0.15, -0.1) is 10.2 Å². The smallest absolute Gasteiger partial charge is 0.263 e. The highest BCUT2D eigenvalue weighted by molar-refractivity contribution is 8.00. The predicted molar refractivity (Wildman–Crippen MR) is 95.7 cm³/mol. The van der Waals surface area contributed by atoms with Gasteiger partial charge in [0, 0.05) is 11.4 Å². The van der Waals surface area contributed by atoms with E-state index in [0.717, 1.165) is 10.1 Å². The molecule has 24 heavy (non-hydrogen) atoms. The van der Waals surface area contributed by atoms with E-state index in [0.29, 0.717) is 10.8 Å². The number of H-pyrrole nitrogens is 1. The zero-order chi connectivity index (χ0) is 16.9. The number of nitrogens with zero attached hydrogens (tertiary/aromatic N) is 2. The first kappa shape index (κ1) is 16.4. The second kappa shape index (κ2) is 7.41. The summed E-state index contributed by atoms with van der Waals surface area (Å²) in [6.45, 7) is 1.75. The Morgan fingerprint density at radius 2 is 2.00 bits per heavy atom. The van der Waals surface area contributed by atoms with Crippen LogP contribution >= 0.6 is 23.1 Å². The van der Waals surface area contributed by atoms with E-state index in [2.05, 4.69) is 20.5 Å². The Bertz CT molecular complexity index is 906. The second-order valence-electron chi connectivity index (χ2n) is 4.99. The average molecular weight is 358 g/mol. The summed E-state index contributed by atoms with van der Waals surface area (Å²) in [6, 6.07) is 13.2. The van der Waals surface area contributed by atoms with Crippen molar-refractivity contribution in [1.82, 2.24) is 15.2 Å². The monoisotopic (exact) mass is 358 g/mol. The Balaban J connectivity index is 1.63. The van der Waals surface area contributed by atoms with Crippen molar-refractivity contribution in [3.05, 3.63) is 69.6 Å². The second-order valence-corrected chi connectivity index (χ2v) is 7.19. The minimum Gasteiger partial charge on any atom is -0.326 e. The molecule has 0 aliphatic rings. The summed E-state index contributed by atoms with van der Waals surface area (Å²) in [4.78, 5) is 26.5. The molecule has 0 bridgehead atoms. The maximum Gasteiger partial charge on any atom is 0.263 e. The molecule has 122 valence electrons. The average Bonchev–Trinajstić information content (AvgIpc) is 3.01. The van der Waals surface area contributed by atoms with E-state index < -0.39 is 11.5 Å². The summed E-state index contributed by atoms with van der Waals surface area (Å²) < 4.78 is 0.756. The maximum atomic E-state index is 12.1. The van der Waals surface area contributed by atoms with Gasteiger partial charge in [0.15, 0.2) is 4.34 Å². The van der Waals surface area contributed by atoms with E-state index in [-0.39, 0.29) is 5.56 Å². The molecule has 0 spiro atoms. The van der Waals surface area contributed by atoms with Gasteiger partial charge in [-0.2, -0.15) is 0 Å². The van der Waals surface area contributed by atoms with E-state index in [1.54, 1.807) is 24.8 Å². The fraction of sp³-hybridized carbons (Fsp3) is 0.125. The first-order chi connectivity index (χ1) is 11.6. The third-order valence-electron chi connectivity index (χ3n) is 3.13. The van der Waals surface area contributed by atoms with Gasteiger partial charge in [-0.05, 0) is 24.6 Å². The summed E-state index contributed by atoms with van der Waals surface area (Å²) >= 11 is 2.83. The molecule has 1 aromatic carbocycles. The van der Waals surface area contributed by atoms with Crippen molar-refractivity contribution >= 4 is 34.1 Å². The number of carbonyl (C=O) groups is 1. The van der Waals surface area contributed by atoms with Crippen LogP contribution in [0.5, 0.6) is 0 Å². The number of aromatic nitrogens is 3. The van der Waals surface area contributed by atoms with Crippen LogP contribution < -0.4 is 10.9 Å². The quantitative estimate of drug-likeness (QED) is 0.540.